The summed E-state index contributed by atoms with van der Waals surface area (Å²) in [7, 11) is 0. The molecule has 0 bridgehead atoms. The molecule has 2 nitrogen and oxygen atoms in total. The van der Waals surface area contributed by atoms with Crippen molar-refractivity contribution in [3.05, 3.63) is 40.6 Å². The Kier molecular flexibility index (Phi) is 3.22. The van der Waals surface area contributed by atoms with E-state index in [9.17, 15) is 0 Å². The summed E-state index contributed by atoms with van der Waals surface area (Å²) in [6, 6.07) is 7.62. The van der Waals surface area contributed by atoms with Gasteiger partial charge < -0.3 is 5.32 Å². The highest BCUT2D eigenvalue weighted by atomic mass is 14.9. The van der Waals surface area contributed by atoms with E-state index in [1.54, 1.807) is 0 Å². The van der Waals surface area contributed by atoms with Crippen molar-refractivity contribution >= 4 is 10.9 Å². The smallest absolute Gasteiger partial charge is 0.0708 e. The molecule has 1 fully saturated rings. The van der Waals surface area contributed by atoms with E-state index >= 15 is 0 Å². The molecule has 0 aliphatic heterocycles. The Morgan fingerprint density at radius 2 is 2.10 bits per heavy atom. The van der Waals surface area contributed by atoms with Gasteiger partial charge in [-0.15, -0.1) is 0 Å². The van der Waals surface area contributed by atoms with Gasteiger partial charge in [-0.2, -0.15) is 0 Å². The number of pyridine rings is 1. The van der Waals surface area contributed by atoms with Crippen LogP contribution in [0.5, 0.6) is 0 Å². The molecule has 1 N–H and O–H groups in total. The van der Waals surface area contributed by atoms with Crippen LogP contribution >= 0.6 is 0 Å². The third-order valence-electron chi connectivity index (χ3n) is 4.97. The zero-order chi connectivity index (χ0) is 14.4. The van der Waals surface area contributed by atoms with Gasteiger partial charge in [0, 0.05) is 23.7 Å². The van der Waals surface area contributed by atoms with Crippen molar-refractivity contribution in [2.24, 2.45) is 0 Å². The molecule has 0 spiro atoms. The summed E-state index contributed by atoms with van der Waals surface area (Å²) in [5.41, 5.74) is 7.04. The van der Waals surface area contributed by atoms with Gasteiger partial charge in [-0.1, -0.05) is 19.9 Å². The van der Waals surface area contributed by atoms with E-state index < -0.39 is 0 Å². The standard InChI is InChI=1S/C19H24N2/c1-12(2)13-6-9-19-16(10-13)17(11-20-14-7-8-14)15-4-3-5-18(15)21-19/h6,9-10,12,14,20H,3-5,7-8,11H2,1-2H3. The van der Waals surface area contributed by atoms with Crippen molar-refractivity contribution in [1.82, 2.24) is 10.3 Å². The number of benzene rings is 1. The van der Waals surface area contributed by atoms with Crippen LogP contribution < -0.4 is 5.32 Å². The number of aromatic nitrogens is 1. The second kappa shape index (κ2) is 5.10. The van der Waals surface area contributed by atoms with Gasteiger partial charge in [0.2, 0.25) is 0 Å². The molecule has 2 aromatic rings. The number of nitrogens with one attached hydrogen (secondary N) is 1. The first-order valence-corrected chi connectivity index (χ1v) is 8.40. The van der Waals surface area contributed by atoms with E-state index in [0.29, 0.717) is 5.92 Å². The number of hydrogen-bond donors (Lipinski definition) is 1. The quantitative estimate of drug-likeness (QED) is 0.912. The van der Waals surface area contributed by atoms with E-state index in [1.807, 2.05) is 0 Å². The van der Waals surface area contributed by atoms with Crippen LogP contribution in [-0.2, 0) is 19.4 Å². The van der Waals surface area contributed by atoms with Crippen LogP contribution in [0, 0.1) is 0 Å². The predicted molar refractivity (Wildman–Crippen MR) is 87.7 cm³/mol. The molecule has 1 saturated carbocycles. The SMILES string of the molecule is CC(C)c1ccc2nc3c(c(CNC4CC4)c2c1)CCC3. The topological polar surface area (TPSA) is 24.9 Å². The summed E-state index contributed by atoms with van der Waals surface area (Å²) in [4.78, 5) is 4.93. The van der Waals surface area contributed by atoms with Crippen LogP contribution in [0.2, 0.25) is 0 Å². The maximum atomic E-state index is 4.93. The second-order valence-electron chi connectivity index (χ2n) is 6.96. The van der Waals surface area contributed by atoms with Gasteiger partial charge in [0.15, 0.2) is 0 Å². The lowest BCUT2D eigenvalue weighted by molar-refractivity contribution is 0.686. The largest absolute Gasteiger partial charge is 0.310 e. The normalized spacial score (nSPS) is 17.7. The van der Waals surface area contributed by atoms with E-state index in [1.165, 1.54) is 59.0 Å². The molecule has 110 valence electrons. The summed E-state index contributed by atoms with van der Waals surface area (Å²) >= 11 is 0. The van der Waals surface area contributed by atoms with Gasteiger partial charge in [-0.25, -0.2) is 0 Å². The summed E-state index contributed by atoms with van der Waals surface area (Å²) in [6.45, 7) is 5.56. The molecule has 0 saturated heterocycles. The lowest BCUT2D eigenvalue weighted by Crippen LogP contribution is -2.17. The first kappa shape index (κ1) is 13.3. The molecular weight excluding hydrogens is 256 g/mol. The fourth-order valence-electron chi connectivity index (χ4n) is 3.47. The maximum absolute atomic E-state index is 4.93. The Bertz CT molecular complexity index is 684. The van der Waals surface area contributed by atoms with Crippen LogP contribution in [0.3, 0.4) is 0 Å². The van der Waals surface area contributed by atoms with E-state index in [2.05, 4.69) is 37.4 Å². The Labute approximate surface area is 127 Å². The molecule has 2 aliphatic rings. The van der Waals surface area contributed by atoms with Gasteiger partial charge in [0.1, 0.15) is 0 Å². The number of nitrogens with zero attached hydrogens (tertiary/aromatic N) is 1. The molecule has 0 amide bonds. The monoisotopic (exact) mass is 280 g/mol. The molecule has 2 heteroatoms. The number of fused-ring (bicyclic) bond motifs is 2. The van der Waals surface area contributed by atoms with Crippen LogP contribution in [0.25, 0.3) is 10.9 Å². The van der Waals surface area contributed by atoms with Crippen LogP contribution in [0.4, 0.5) is 0 Å². The van der Waals surface area contributed by atoms with Crippen molar-refractivity contribution < 1.29 is 0 Å². The van der Waals surface area contributed by atoms with Crippen molar-refractivity contribution in [1.29, 1.82) is 0 Å². The molecular formula is C19H24N2. The average molecular weight is 280 g/mol. The molecule has 2 aliphatic carbocycles. The van der Waals surface area contributed by atoms with E-state index in [0.717, 1.165) is 19.0 Å². The Morgan fingerprint density at radius 1 is 1.24 bits per heavy atom. The first-order valence-electron chi connectivity index (χ1n) is 8.40. The Balaban J connectivity index is 1.85. The molecule has 0 unspecified atom stereocenters. The van der Waals surface area contributed by atoms with Crippen molar-refractivity contribution in [2.45, 2.75) is 64.5 Å². The van der Waals surface area contributed by atoms with Crippen molar-refractivity contribution in [3.63, 3.8) is 0 Å². The maximum Gasteiger partial charge on any atom is 0.0708 e. The Morgan fingerprint density at radius 3 is 2.86 bits per heavy atom. The zero-order valence-corrected chi connectivity index (χ0v) is 13.1. The summed E-state index contributed by atoms with van der Waals surface area (Å²) in [5, 5.41) is 5.10. The van der Waals surface area contributed by atoms with Crippen LogP contribution in [0.15, 0.2) is 18.2 Å². The van der Waals surface area contributed by atoms with E-state index in [4.69, 9.17) is 4.98 Å². The zero-order valence-electron chi connectivity index (χ0n) is 13.1. The lowest BCUT2D eigenvalue weighted by atomic mass is 9.96. The second-order valence-corrected chi connectivity index (χ2v) is 6.96. The third-order valence-corrected chi connectivity index (χ3v) is 4.97. The molecule has 1 heterocycles. The highest BCUT2D eigenvalue weighted by Crippen LogP contribution is 2.32. The molecule has 4 rings (SSSR count). The summed E-state index contributed by atoms with van der Waals surface area (Å²) in [5.74, 6) is 0.576. The molecule has 1 aromatic heterocycles. The predicted octanol–water partition coefficient (Wildman–Crippen LogP) is 4.10. The van der Waals surface area contributed by atoms with Crippen LogP contribution in [0.1, 0.15) is 61.4 Å². The molecule has 21 heavy (non-hydrogen) atoms. The third kappa shape index (κ3) is 2.46. The fourth-order valence-corrected chi connectivity index (χ4v) is 3.47. The number of hydrogen-bond acceptors (Lipinski definition) is 2. The van der Waals surface area contributed by atoms with Crippen molar-refractivity contribution in [2.75, 3.05) is 0 Å². The highest BCUT2D eigenvalue weighted by Gasteiger charge is 2.24. The summed E-state index contributed by atoms with van der Waals surface area (Å²) < 4.78 is 0. The highest BCUT2D eigenvalue weighted by molar-refractivity contribution is 5.85. The number of aryl methyl sites for hydroxylation is 1. The average Bonchev–Trinajstić information content (AvgIpc) is 3.19. The lowest BCUT2D eigenvalue weighted by Gasteiger charge is -2.15. The van der Waals surface area contributed by atoms with Crippen LogP contribution in [-0.4, -0.2) is 11.0 Å². The van der Waals surface area contributed by atoms with Gasteiger partial charge in [-0.3, -0.25) is 4.98 Å². The summed E-state index contributed by atoms with van der Waals surface area (Å²) in [6.07, 6.45) is 6.34. The minimum Gasteiger partial charge on any atom is -0.310 e. The molecule has 0 radical (unpaired) electrons. The van der Waals surface area contributed by atoms with Crippen molar-refractivity contribution in [3.8, 4) is 0 Å². The fraction of sp³-hybridized carbons (Fsp3) is 0.526. The van der Waals surface area contributed by atoms with Gasteiger partial charge >= 0.3 is 0 Å². The van der Waals surface area contributed by atoms with E-state index in [-0.39, 0.29) is 0 Å². The van der Waals surface area contributed by atoms with Gasteiger partial charge in [0.05, 0.1) is 5.52 Å². The molecule has 0 atom stereocenters. The first-order chi connectivity index (χ1) is 10.2. The van der Waals surface area contributed by atoms with Gasteiger partial charge in [-0.05, 0) is 66.8 Å². The number of rotatable bonds is 4. The minimum absolute atomic E-state index is 0.576. The molecule has 1 aromatic carbocycles. The minimum atomic E-state index is 0.576. The van der Waals surface area contributed by atoms with Gasteiger partial charge in [0.25, 0.3) is 0 Å². The Hall–Kier alpha value is -1.41.